The first-order chi connectivity index (χ1) is 29.0. The molecule has 8 rings (SSSR count). The molecular weight excluding hydrogens is 763 g/mol. The number of fused-ring (bicyclic) bond motifs is 5. The monoisotopic (exact) mass is 815 g/mol. The van der Waals surface area contributed by atoms with Crippen LogP contribution in [0.2, 0.25) is 0 Å². The van der Waals surface area contributed by atoms with E-state index in [1.54, 1.807) is 31.3 Å². The predicted octanol–water partition coefficient (Wildman–Crippen LogP) is 6.33. The Hall–Kier alpha value is -5.92. The Kier molecular flexibility index (Phi) is 11.3. The van der Waals surface area contributed by atoms with Crippen LogP contribution in [0.3, 0.4) is 0 Å². The van der Waals surface area contributed by atoms with Crippen molar-refractivity contribution in [1.29, 1.82) is 0 Å². The van der Waals surface area contributed by atoms with Crippen LogP contribution >= 0.6 is 0 Å². The number of anilines is 2. The zero-order valence-electron chi connectivity index (χ0n) is 34.5. The zero-order chi connectivity index (χ0) is 42.3. The molecule has 0 amide bonds. The van der Waals surface area contributed by atoms with Crippen molar-refractivity contribution in [2.24, 2.45) is 5.92 Å². The Labute approximate surface area is 348 Å². The number of nitrogens with two attached hydrogens (primary N) is 1. The van der Waals surface area contributed by atoms with Crippen molar-refractivity contribution in [3.8, 4) is 17.2 Å². The van der Waals surface area contributed by atoms with Crippen molar-refractivity contribution in [1.82, 2.24) is 15.3 Å². The number of aliphatic hydroxyl groups excluding tert-OH is 1. The molecule has 13 heteroatoms. The van der Waals surface area contributed by atoms with Crippen LogP contribution in [-0.2, 0) is 41.8 Å². The van der Waals surface area contributed by atoms with Crippen LogP contribution < -0.4 is 26.5 Å². The number of ether oxygens (including phenoxy) is 2. The van der Waals surface area contributed by atoms with Gasteiger partial charge in [0.05, 0.1) is 0 Å². The second-order valence-electron chi connectivity index (χ2n) is 16.4. The van der Waals surface area contributed by atoms with Crippen molar-refractivity contribution < 1.29 is 34.0 Å². The highest BCUT2D eigenvalue weighted by molar-refractivity contribution is 5.92. The number of hydrogen-bond donors (Lipinski definition) is 6. The van der Waals surface area contributed by atoms with Crippen LogP contribution in [0.5, 0.6) is 17.2 Å². The largest absolute Gasteiger partial charge is 0.508 e. The van der Waals surface area contributed by atoms with E-state index in [0.717, 1.165) is 40.2 Å². The summed E-state index contributed by atoms with van der Waals surface area (Å²) in [7, 11) is 1.82. The Morgan fingerprint density at radius 1 is 1.10 bits per heavy atom. The minimum absolute atomic E-state index is 0.0193. The number of phenols is 2. The number of pyridine rings is 2. The number of aliphatic hydroxyl groups is 1. The quantitative estimate of drug-likeness (QED) is 0.0675. The van der Waals surface area contributed by atoms with E-state index < -0.39 is 35.6 Å². The molecule has 0 saturated heterocycles. The van der Waals surface area contributed by atoms with Crippen LogP contribution in [0.25, 0.3) is 11.0 Å². The molecule has 4 bridgehead atoms. The highest BCUT2D eigenvalue weighted by Crippen LogP contribution is 2.56. The van der Waals surface area contributed by atoms with E-state index >= 15 is 0 Å². The highest BCUT2D eigenvalue weighted by atomic mass is 16.6. The topological polar surface area (TPSA) is 202 Å². The number of benzene rings is 2. The Balaban J connectivity index is 1.45. The number of hydrogen-bond acceptors (Lipinski definition) is 13. The van der Waals surface area contributed by atoms with Gasteiger partial charge in [-0.3, -0.25) is 4.79 Å². The van der Waals surface area contributed by atoms with Gasteiger partial charge in [-0.05, 0) is 125 Å². The molecule has 0 saturated carbocycles. The first-order valence-corrected chi connectivity index (χ1v) is 20.9. The molecule has 1 aliphatic carbocycles. The third-order valence-corrected chi connectivity index (χ3v) is 12.9. The van der Waals surface area contributed by atoms with Gasteiger partial charge in [0.2, 0.25) is 0 Å². The molecule has 5 aromatic rings. The summed E-state index contributed by atoms with van der Waals surface area (Å²) in [4.78, 5) is 37.6. The Morgan fingerprint density at radius 3 is 2.67 bits per heavy atom. The van der Waals surface area contributed by atoms with E-state index in [1.165, 1.54) is 6.07 Å². The minimum atomic E-state index is -1.23. The van der Waals surface area contributed by atoms with Crippen molar-refractivity contribution in [3.05, 3.63) is 121 Å². The number of rotatable bonds is 10. The molecule has 314 valence electrons. The van der Waals surface area contributed by atoms with Crippen LogP contribution in [0, 0.1) is 5.92 Å². The smallest absolute Gasteiger partial charge is 0.334 e. The summed E-state index contributed by atoms with van der Waals surface area (Å²) >= 11 is 0. The van der Waals surface area contributed by atoms with E-state index in [1.807, 2.05) is 51.4 Å². The number of nitrogens with zero attached hydrogens (tertiary/aromatic N) is 2. The molecule has 3 aromatic heterocycles. The summed E-state index contributed by atoms with van der Waals surface area (Å²) in [6.07, 6.45) is 7.55. The Bertz CT molecular complexity index is 2540. The summed E-state index contributed by atoms with van der Waals surface area (Å²) in [5, 5.41) is 39.8. The number of carbonyl (C=O) groups excluding carboxylic acids is 1. The average Bonchev–Trinajstić information content (AvgIpc) is 3.29. The maximum atomic E-state index is 14.2. The number of aryl methyl sites for hydroxylation is 1. The number of phenolic OH excluding ortho intramolecular Hbond substituents is 2. The van der Waals surface area contributed by atoms with Gasteiger partial charge >= 0.3 is 5.97 Å². The normalized spacial score (nSPS) is 22.1. The van der Waals surface area contributed by atoms with Crippen molar-refractivity contribution in [2.75, 3.05) is 31.2 Å². The van der Waals surface area contributed by atoms with Crippen molar-refractivity contribution in [3.63, 3.8) is 0 Å². The molecule has 0 fully saturated rings. The molecule has 5 atom stereocenters. The molecule has 7 N–H and O–H groups in total. The van der Waals surface area contributed by atoms with Gasteiger partial charge in [-0.15, -0.1) is 0 Å². The summed E-state index contributed by atoms with van der Waals surface area (Å²) in [5.41, 5.74) is 11.2. The number of aromatic hydroxyl groups is 2. The van der Waals surface area contributed by atoms with Gasteiger partial charge in [0.1, 0.15) is 63.9 Å². The van der Waals surface area contributed by atoms with Crippen molar-refractivity contribution in [2.45, 2.75) is 95.9 Å². The number of carbonyl (C=O) groups is 1. The minimum Gasteiger partial charge on any atom is -0.508 e. The van der Waals surface area contributed by atoms with E-state index in [0.29, 0.717) is 73.3 Å². The fraction of sp³-hybridized carbons (Fsp3) is 0.404. The van der Waals surface area contributed by atoms with Gasteiger partial charge in [0.15, 0.2) is 5.43 Å². The molecular formula is C47H53N5O8. The molecule has 0 spiro atoms. The van der Waals surface area contributed by atoms with Gasteiger partial charge in [0.25, 0.3) is 0 Å². The Morgan fingerprint density at radius 2 is 1.93 bits per heavy atom. The van der Waals surface area contributed by atoms with E-state index in [2.05, 4.69) is 15.6 Å². The molecule has 0 radical (unpaired) electrons. The lowest BCUT2D eigenvalue weighted by molar-refractivity contribution is -0.165. The van der Waals surface area contributed by atoms with Gasteiger partial charge in [-0.1, -0.05) is 18.2 Å². The van der Waals surface area contributed by atoms with Gasteiger partial charge in [-0.25, -0.2) is 14.8 Å². The predicted molar refractivity (Wildman–Crippen MR) is 229 cm³/mol. The first-order valence-electron chi connectivity index (χ1n) is 20.9. The van der Waals surface area contributed by atoms with E-state index in [-0.39, 0.29) is 46.5 Å². The van der Waals surface area contributed by atoms with Crippen LogP contribution in [0.15, 0.2) is 75.7 Å². The fourth-order valence-corrected chi connectivity index (χ4v) is 9.76. The second kappa shape index (κ2) is 16.6. The highest BCUT2D eigenvalue weighted by Gasteiger charge is 2.53. The third-order valence-electron chi connectivity index (χ3n) is 12.9. The summed E-state index contributed by atoms with van der Waals surface area (Å²) in [6, 6.07) is 12.6. The van der Waals surface area contributed by atoms with Crippen molar-refractivity contribution >= 4 is 28.6 Å². The average molecular weight is 816 g/mol. The lowest BCUT2D eigenvalue weighted by Gasteiger charge is -2.49. The van der Waals surface area contributed by atoms with Gasteiger partial charge in [0, 0.05) is 65.5 Å². The van der Waals surface area contributed by atoms with E-state index in [4.69, 9.17) is 24.6 Å². The number of esters is 1. The molecule has 2 aromatic carbocycles. The first kappa shape index (κ1) is 40.8. The molecule has 13 nitrogen and oxygen atoms in total. The lowest BCUT2D eigenvalue weighted by Crippen LogP contribution is -2.57. The third kappa shape index (κ3) is 7.34. The maximum absolute atomic E-state index is 14.2. The molecule has 5 heterocycles. The maximum Gasteiger partial charge on any atom is 0.334 e. The molecule has 2 aliphatic heterocycles. The number of nitrogens with one attached hydrogen (secondary N) is 2. The summed E-state index contributed by atoms with van der Waals surface area (Å²) in [5.74, 6) is -0.382. The molecule has 60 heavy (non-hydrogen) atoms. The summed E-state index contributed by atoms with van der Waals surface area (Å²) in [6.45, 7) is 6.52. The zero-order valence-corrected chi connectivity index (χ0v) is 34.5. The molecule has 3 aliphatic rings. The fourth-order valence-electron chi connectivity index (χ4n) is 9.76. The second-order valence-corrected chi connectivity index (χ2v) is 16.4. The SMILES string of the molecule is CC=C(CCNC)C(=O)OC1Cc2c3c(c4oc(CO)cc(=O)c4c2O)C2Cc4cc(O)ccc4CCC(CC(Cc4ccc(NCC)nc4)C1(C)O3)c1c2ccnc1N. The standard InChI is InChI=1S/C47H53N5O8/c1-5-26(13-15-49-4)46(57)59-37-22-35-42(56)41-36(55)21-32(24-53)58-44(41)40-34-20-29-19-31(54)11-10-27(29)8-9-28(39-33(34)14-16-51-45(39)48)18-30(47(37,3)60-43(35)40)17-25-7-12-38(50-6-2)52-23-25/h5,7,10-12,14,16,19,21,23,28,30,34,37,49,53-54,56H,6,8-9,13,15,17-18,20,22,24H2,1-4H3,(H2,48,51)(H,50,52). The molecule has 5 unspecified atom stereocenters. The van der Waals surface area contributed by atoms with Crippen LogP contribution in [0.4, 0.5) is 11.6 Å². The van der Waals surface area contributed by atoms with Gasteiger partial charge in [-0.2, -0.15) is 0 Å². The number of aromatic nitrogens is 2. The van der Waals surface area contributed by atoms with Crippen LogP contribution in [-0.4, -0.2) is 63.1 Å². The van der Waals surface area contributed by atoms with Gasteiger partial charge < -0.3 is 45.6 Å². The number of nitrogen functional groups attached to an aromatic ring is 1. The summed E-state index contributed by atoms with van der Waals surface area (Å²) < 4.78 is 20.5. The lowest BCUT2D eigenvalue weighted by atomic mass is 9.68. The van der Waals surface area contributed by atoms with Crippen LogP contribution in [0.1, 0.15) is 96.6 Å². The van der Waals surface area contributed by atoms with E-state index in [9.17, 15) is 24.9 Å². The number of allylic oxidation sites excluding steroid dienone is 1.